The third-order valence-corrected chi connectivity index (χ3v) is 5.55. The van der Waals surface area contributed by atoms with Gasteiger partial charge in [-0.15, -0.1) is 0 Å². The topological polar surface area (TPSA) is 47.3 Å². The molecule has 0 aliphatic carbocycles. The lowest BCUT2D eigenvalue weighted by molar-refractivity contribution is 0.0519. The van der Waals surface area contributed by atoms with Crippen LogP contribution in [0.1, 0.15) is 11.1 Å². The van der Waals surface area contributed by atoms with Crippen molar-refractivity contribution in [3.8, 4) is 17.2 Å². The second kappa shape index (κ2) is 8.29. The number of fused-ring (bicyclic) bond motifs is 1. The van der Waals surface area contributed by atoms with Gasteiger partial charge in [-0.05, 0) is 59.7 Å². The highest BCUT2D eigenvalue weighted by Gasteiger charge is 2.32. The van der Waals surface area contributed by atoms with E-state index in [9.17, 15) is 9.50 Å². The Morgan fingerprint density at radius 1 is 0.781 bits per heavy atom. The first-order valence-corrected chi connectivity index (χ1v) is 10.3. The monoisotopic (exact) mass is 424 g/mol. The van der Waals surface area contributed by atoms with Gasteiger partial charge >= 0.3 is 0 Å². The summed E-state index contributed by atoms with van der Waals surface area (Å²) in [7, 11) is 0. The zero-order chi connectivity index (χ0) is 22.0. The Hall–Kier alpha value is -3.96. The van der Waals surface area contributed by atoms with E-state index in [1.807, 2.05) is 71.4 Å². The normalized spacial score (nSPS) is 13.1. The summed E-state index contributed by atoms with van der Waals surface area (Å²) in [4.78, 5) is 0. The minimum atomic E-state index is -1.77. The summed E-state index contributed by atoms with van der Waals surface area (Å²) in [5.41, 5.74) is 0.971. The molecule has 0 bridgehead atoms. The maximum Gasteiger partial charge on any atom is 0.143 e. The molecule has 4 aromatic carbocycles. The van der Waals surface area contributed by atoms with Crippen LogP contribution in [0.15, 0.2) is 109 Å². The Morgan fingerprint density at radius 2 is 1.41 bits per heavy atom. The molecule has 0 aliphatic rings. The zero-order valence-electron chi connectivity index (χ0n) is 17.2. The van der Waals surface area contributed by atoms with Gasteiger partial charge in [-0.3, -0.25) is 0 Å². The maximum absolute atomic E-state index is 14.2. The van der Waals surface area contributed by atoms with E-state index in [1.54, 1.807) is 42.6 Å². The molecular formula is C27H21FN2O2. The molecule has 5 rings (SSSR count). The van der Waals surface area contributed by atoms with Gasteiger partial charge in [-0.25, -0.2) is 9.07 Å². The molecule has 158 valence electrons. The van der Waals surface area contributed by atoms with Gasteiger partial charge in [0.05, 0.1) is 17.4 Å². The smallest absolute Gasteiger partial charge is 0.143 e. The number of halogens is 1. The van der Waals surface area contributed by atoms with Crippen LogP contribution in [0.5, 0.6) is 11.5 Å². The predicted octanol–water partition coefficient (Wildman–Crippen LogP) is 6.02. The van der Waals surface area contributed by atoms with Gasteiger partial charge in [0.25, 0.3) is 0 Å². The molecule has 1 aromatic heterocycles. The molecule has 0 fully saturated rings. The summed E-state index contributed by atoms with van der Waals surface area (Å²) in [6, 6.07) is 31.4. The molecule has 5 heteroatoms. The van der Waals surface area contributed by atoms with Crippen molar-refractivity contribution in [2.45, 2.75) is 5.60 Å². The summed E-state index contributed by atoms with van der Waals surface area (Å²) >= 11 is 0. The van der Waals surface area contributed by atoms with Crippen LogP contribution in [-0.4, -0.2) is 21.6 Å². The van der Waals surface area contributed by atoms with Gasteiger partial charge in [0, 0.05) is 5.39 Å². The molecule has 0 radical (unpaired) electrons. The average molecular weight is 424 g/mol. The number of alkyl halides is 1. The first-order chi connectivity index (χ1) is 15.7. The molecule has 0 amide bonds. The predicted molar refractivity (Wildman–Crippen MR) is 123 cm³/mol. The first-order valence-electron chi connectivity index (χ1n) is 10.3. The summed E-state index contributed by atoms with van der Waals surface area (Å²) in [5.74, 6) is 1.32. The van der Waals surface area contributed by atoms with E-state index < -0.39 is 12.3 Å². The van der Waals surface area contributed by atoms with E-state index in [2.05, 4.69) is 5.10 Å². The van der Waals surface area contributed by atoms with Crippen molar-refractivity contribution in [1.29, 1.82) is 0 Å². The minimum Gasteiger partial charge on any atom is -0.457 e. The molecule has 0 saturated carbocycles. The number of ether oxygens (including phenoxy) is 1. The number of hydrogen-bond acceptors (Lipinski definition) is 3. The molecule has 0 saturated heterocycles. The van der Waals surface area contributed by atoms with Gasteiger partial charge in [-0.2, -0.15) is 5.10 Å². The van der Waals surface area contributed by atoms with Crippen molar-refractivity contribution >= 4 is 10.9 Å². The van der Waals surface area contributed by atoms with Crippen LogP contribution in [0.4, 0.5) is 4.39 Å². The number of aliphatic hydroxyl groups is 1. The molecule has 1 unspecified atom stereocenters. The van der Waals surface area contributed by atoms with E-state index in [0.717, 1.165) is 16.6 Å². The summed E-state index contributed by atoms with van der Waals surface area (Å²) in [6.45, 7) is -0.954. The molecule has 4 nitrogen and oxygen atoms in total. The summed E-state index contributed by atoms with van der Waals surface area (Å²) < 4.78 is 21.9. The standard InChI is InChI=1S/C27H21FN2O2/c28-19-27(31,21-11-14-25(15-12-21)32-24-9-5-2-6-10-24)22-13-16-26-20(17-22)18-29-30(26)23-7-3-1-4-8-23/h1-18,31H,19H2. The number of rotatable bonds is 6. The van der Waals surface area contributed by atoms with Crippen LogP contribution in [0.25, 0.3) is 16.6 Å². The Kier molecular flexibility index (Phi) is 5.17. The Labute approximate surface area is 185 Å². The van der Waals surface area contributed by atoms with Crippen LogP contribution in [-0.2, 0) is 5.60 Å². The number of benzene rings is 4. The number of hydrogen-bond donors (Lipinski definition) is 1. The third kappa shape index (κ3) is 3.63. The Bertz CT molecular complexity index is 1330. The van der Waals surface area contributed by atoms with Crippen molar-refractivity contribution in [3.05, 3.63) is 120 Å². The first kappa shape index (κ1) is 20.0. The van der Waals surface area contributed by atoms with Gasteiger partial charge in [0.2, 0.25) is 0 Å². The molecule has 5 aromatic rings. The summed E-state index contributed by atoms with van der Waals surface area (Å²) in [5, 5.41) is 16.6. The quantitative estimate of drug-likeness (QED) is 0.362. The molecule has 0 spiro atoms. The van der Waals surface area contributed by atoms with E-state index in [-0.39, 0.29) is 0 Å². The lowest BCUT2D eigenvalue weighted by atomic mass is 9.87. The number of para-hydroxylation sites is 2. The lowest BCUT2D eigenvalue weighted by Crippen LogP contribution is -2.29. The van der Waals surface area contributed by atoms with Gasteiger partial charge in [-0.1, -0.05) is 54.6 Å². The van der Waals surface area contributed by atoms with Crippen LogP contribution in [0.2, 0.25) is 0 Å². The molecule has 1 atom stereocenters. The van der Waals surface area contributed by atoms with E-state index in [0.29, 0.717) is 22.6 Å². The molecular weight excluding hydrogens is 403 g/mol. The fourth-order valence-electron chi connectivity index (χ4n) is 3.81. The highest BCUT2D eigenvalue weighted by atomic mass is 19.1. The Balaban J connectivity index is 1.46. The van der Waals surface area contributed by atoms with Gasteiger partial charge in [0.1, 0.15) is 23.8 Å². The zero-order valence-corrected chi connectivity index (χ0v) is 17.2. The van der Waals surface area contributed by atoms with E-state index >= 15 is 0 Å². The van der Waals surface area contributed by atoms with Crippen LogP contribution in [0, 0.1) is 0 Å². The van der Waals surface area contributed by atoms with E-state index in [1.165, 1.54) is 0 Å². The summed E-state index contributed by atoms with van der Waals surface area (Å²) in [6.07, 6.45) is 1.72. The van der Waals surface area contributed by atoms with Gasteiger partial charge in [0.15, 0.2) is 0 Å². The fraction of sp³-hybridized carbons (Fsp3) is 0.0741. The molecule has 1 N–H and O–H groups in total. The van der Waals surface area contributed by atoms with Crippen molar-refractivity contribution in [2.24, 2.45) is 0 Å². The second-order valence-corrected chi connectivity index (χ2v) is 7.60. The molecule has 32 heavy (non-hydrogen) atoms. The SMILES string of the molecule is OC(CF)(c1ccc(Oc2ccccc2)cc1)c1ccc2c(cnn2-c2ccccc2)c1. The second-order valence-electron chi connectivity index (χ2n) is 7.60. The Morgan fingerprint density at radius 3 is 2.09 bits per heavy atom. The highest BCUT2D eigenvalue weighted by Crippen LogP contribution is 2.34. The number of aromatic nitrogens is 2. The minimum absolute atomic E-state index is 0.454. The van der Waals surface area contributed by atoms with Crippen molar-refractivity contribution in [2.75, 3.05) is 6.67 Å². The molecule has 0 aliphatic heterocycles. The molecule has 1 heterocycles. The van der Waals surface area contributed by atoms with Crippen LogP contribution >= 0.6 is 0 Å². The fourth-order valence-corrected chi connectivity index (χ4v) is 3.81. The third-order valence-electron chi connectivity index (χ3n) is 5.55. The maximum atomic E-state index is 14.2. The van der Waals surface area contributed by atoms with Crippen LogP contribution in [0.3, 0.4) is 0 Å². The van der Waals surface area contributed by atoms with Crippen molar-refractivity contribution in [1.82, 2.24) is 9.78 Å². The highest BCUT2D eigenvalue weighted by molar-refractivity contribution is 5.81. The van der Waals surface area contributed by atoms with Crippen molar-refractivity contribution in [3.63, 3.8) is 0 Å². The number of nitrogens with zero attached hydrogens (tertiary/aromatic N) is 2. The lowest BCUT2D eigenvalue weighted by Gasteiger charge is -2.26. The van der Waals surface area contributed by atoms with E-state index in [4.69, 9.17) is 4.74 Å². The van der Waals surface area contributed by atoms with Crippen molar-refractivity contribution < 1.29 is 14.2 Å². The average Bonchev–Trinajstić information content (AvgIpc) is 3.28. The largest absolute Gasteiger partial charge is 0.457 e. The van der Waals surface area contributed by atoms with Gasteiger partial charge < -0.3 is 9.84 Å². The van der Waals surface area contributed by atoms with Crippen LogP contribution < -0.4 is 4.74 Å².